The maximum atomic E-state index is 5.37. The largest absolute Gasteiger partial charge is 0.382 e. The van der Waals surface area contributed by atoms with Crippen LogP contribution in [0, 0.1) is 5.92 Å². The van der Waals surface area contributed by atoms with Crippen LogP contribution >= 0.6 is 0 Å². The molecule has 0 aliphatic heterocycles. The number of nitrogens with one attached hydrogen (secondary N) is 1. The third-order valence-corrected chi connectivity index (χ3v) is 2.92. The molecule has 2 heteroatoms. The quantitative estimate of drug-likeness (QED) is 0.565. The molecule has 0 bridgehead atoms. The van der Waals surface area contributed by atoms with Gasteiger partial charge in [-0.25, -0.2) is 0 Å². The van der Waals surface area contributed by atoms with Crippen molar-refractivity contribution in [2.24, 2.45) is 5.92 Å². The van der Waals surface area contributed by atoms with Gasteiger partial charge in [-0.1, -0.05) is 27.2 Å². The molecule has 92 valence electrons. The molecule has 0 fully saturated rings. The molecule has 15 heavy (non-hydrogen) atoms. The molecule has 0 amide bonds. The van der Waals surface area contributed by atoms with Gasteiger partial charge in [-0.2, -0.15) is 0 Å². The fourth-order valence-corrected chi connectivity index (χ4v) is 1.82. The average Bonchev–Trinajstić information content (AvgIpc) is 2.24. The highest BCUT2D eigenvalue weighted by Crippen LogP contribution is 2.13. The Morgan fingerprint density at radius 3 is 2.47 bits per heavy atom. The second-order valence-electron chi connectivity index (χ2n) is 4.34. The molecule has 0 heterocycles. The Kier molecular flexibility index (Phi) is 10.4. The molecule has 2 nitrogen and oxygen atoms in total. The highest BCUT2D eigenvalue weighted by Gasteiger charge is 2.10. The van der Waals surface area contributed by atoms with Gasteiger partial charge in [-0.3, -0.25) is 0 Å². The molecule has 0 saturated heterocycles. The summed E-state index contributed by atoms with van der Waals surface area (Å²) in [5, 5.41) is 3.57. The summed E-state index contributed by atoms with van der Waals surface area (Å²) in [6, 6.07) is 0.686. The van der Waals surface area contributed by atoms with Gasteiger partial charge in [0.2, 0.25) is 0 Å². The molecule has 0 saturated carbocycles. The monoisotopic (exact) mass is 215 g/mol. The molecule has 1 N–H and O–H groups in total. The van der Waals surface area contributed by atoms with Crippen molar-refractivity contribution >= 4 is 0 Å². The SMILES string of the molecule is CCNC(CCCOCC)CC(C)CC. The predicted octanol–water partition coefficient (Wildman–Crippen LogP) is 3.22. The lowest BCUT2D eigenvalue weighted by Gasteiger charge is -2.21. The van der Waals surface area contributed by atoms with Crippen LogP contribution in [0.3, 0.4) is 0 Å². The Bertz CT molecular complexity index is 128. The number of rotatable bonds is 10. The van der Waals surface area contributed by atoms with E-state index in [-0.39, 0.29) is 0 Å². The van der Waals surface area contributed by atoms with Crippen LogP contribution in [0.5, 0.6) is 0 Å². The zero-order valence-electron chi connectivity index (χ0n) is 11.0. The van der Waals surface area contributed by atoms with Crippen LogP contribution in [0.1, 0.15) is 53.4 Å². The minimum absolute atomic E-state index is 0.686. The second-order valence-corrected chi connectivity index (χ2v) is 4.34. The molecule has 0 aromatic heterocycles. The second kappa shape index (κ2) is 10.4. The number of hydrogen-bond acceptors (Lipinski definition) is 2. The van der Waals surface area contributed by atoms with Gasteiger partial charge >= 0.3 is 0 Å². The minimum Gasteiger partial charge on any atom is -0.382 e. The van der Waals surface area contributed by atoms with Gasteiger partial charge in [0.15, 0.2) is 0 Å². The molecule has 0 aliphatic rings. The van der Waals surface area contributed by atoms with Crippen molar-refractivity contribution in [2.45, 2.75) is 59.4 Å². The molecule has 0 aliphatic carbocycles. The van der Waals surface area contributed by atoms with Crippen LogP contribution in [-0.2, 0) is 4.74 Å². The first-order valence-corrected chi connectivity index (χ1v) is 6.55. The fourth-order valence-electron chi connectivity index (χ4n) is 1.82. The number of ether oxygens (including phenoxy) is 1. The molecule has 0 spiro atoms. The first-order valence-electron chi connectivity index (χ1n) is 6.55. The topological polar surface area (TPSA) is 21.3 Å². The van der Waals surface area contributed by atoms with Crippen LogP contribution in [0.25, 0.3) is 0 Å². The van der Waals surface area contributed by atoms with Crippen molar-refractivity contribution < 1.29 is 4.74 Å². The fraction of sp³-hybridized carbons (Fsp3) is 1.00. The minimum atomic E-state index is 0.686. The van der Waals surface area contributed by atoms with Gasteiger partial charge in [-0.15, -0.1) is 0 Å². The Balaban J connectivity index is 3.62. The maximum Gasteiger partial charge on any atom is 0.0466 e. The predicted molar refractivity (Wildman–Crippen MR) is 67.3 cm³/mol. The highest BCUT2D eigenvalue weighted by molar-refractivity contribution is 4.69. The summed E-state index contributed by atoms with van der Waals surface area (Å²) in [5.74, 6) is 0.834. The Labute approximate surface area is 95.8 Å². The van der Waals surface area contributed by atoms with Crippen LogP contribution in [0.4, 0.5) is 0 Å². The van der Waals surface area contributed by atoms with Gasteiger partial charge in [0.1, 0.15) is 0 Å². The van der Waals surface area contributed by atoms with Crippen molar-refractivity contribution in [3.63, 3.8) is 0 Å². The van der Waals surface area contributed by atoms with E-state index in [0.717, 1.165) is 25.7 Å². The summed E-state index contributed by atoms with van der Waals surface area (Å²) >= 11 is 0. The standard InChI is InChI=1S/C13H29NO/c1-5-12(4)11-13(14-6-2)9-8-10-15-7-3/h12-14H,5-11H2,1-4H3. The maximum absolute atomic E-state index is 5.37. The van der Waals surface area contributed by atoms with Crippen molar-refractivity contribution in [2.75, 3.05) is 19.8 Å². The summed E-state index contributed by atoms with van der Waals surface area (Å²) in [6.45, 7) is 11.7. The van der Waals surface area contributed by atoms with Gasteiger partial charge < -0.3 is 10.1 Å². The summed E-state index contributed by atoms with van der Waals surface area (Å²) < 4.78 is 5.37. The Morgan fingerprint density at radius 2 is 1.93 bits per heavy atom. The van der Waals surface area contributed by atoms with E-state index in [0.29, 0.717) is 6.04 Å². The van der Waals surface area contributed by atoms with Crippen LogP contribution < -0.4 is 5.32 Å². The van der Waals surface area contributed by atoms with Crippen molar-refractivity contribution in [3.8, 4) is 0 Å². The van der Waals surface area contributed by atoms with E-state index in [1.54, 1.807) is 0 Å². The molecule has 2 unspecified atom stereocenters. The van der Waals surface area contributed by atoms with Crippen molar-refractivity contribution in [3.05, 3.63) is 0 Å². The summed E-state index contributed by atoms with van der Waals surface area (Å²) in [6.07, 6.45) is 5.02. The summed E-state index contributed by atoms with van der Waals surface area (Å²) in [7, 11) is 0. The van der Waals surface area contributed by atoms with Crippen LogP contribution in [-0.4, -0.2) is 25.8 Å². The average molecular weight is 215 g/mol. The molecule has 0 rings (SSSR count). The first-order chi connectivity index (χ1) is 7.24. The molecule has 0 radical (unpaired) electrons. The van der Waals surface area contributed by atoms with Gasteiger partial charge in [0.05, 0.1) is 0 Å². The smallest absolute Gasteiger partial charge is 0.0466 e. The third kappa shape index (κ3) is 8.88. The van der Waals surface area contributed by atoms with E-state index in [4.69, 9.17) is 4.74 Å². The van der Waals surface area contributed by atoms with E-state index in [2.05, 4.69) is 33.0 Å². The van der Waals surface area contributed by atoms with E-state index < -0.39 is 0 Å². The lowest BCUT2D eigenvalue weighted by Crippen LogP contribution is -2.30. The van der Waals surface area contributed by atoms with E-state index in [1.807, 2.05) is 0 Å². The molecule has 2 atom stereocenters. The van der Waals surface area contributed by atoms with E-state index in [1.165, 1.54) is 25.7 Å². The number of hydrogen-bond donors (Lipinski definition) is 1. The van der Waals surface area contributed by atoms with Gasteiger partial charge in [0.25, 0.3) is 0 Å². The van der Waals surface area contributed by atoms with Crippen LogP contribution in [0.15, 0.2) is 0 Å². The highest BCUT2D eigenvalue weighted by atomic mass is 16.5. The van der Waals surface area contributed by atoms with Crippen molar-refractivity contribution in [1.82, 2.24) is 5.32 Å². The third-order valence-electron chi connectivity index (χ3n) is 2.92. The lowest BCUT2D eigenvalue weighted by molar-refractivity contribution is 0.139. The lowest BCUT2D eigenvalue weighted by atomic mass is 9.96. The molecular formula is C13H29NO. The Morgan fingerprint density at radius 1 is 1.20 bits per heavy atom. The summed E-state index contributed by atoms with van der Waals surface area (Å²) in [5.41, 5.74) is 0. The van der Waals surface area contributed by atoms with Crippen LogP contribution in [0.2, 0.25) is 0 Å². The zero-order valence-corrected chi connectivity index (χ0v) is 11.0. The van der Waals surface area contributed by atoms with E-state index in [9.17, 15) is 0 Å². The summed E-state index contributed by atoms with van der Waals surface area (Å²) in [4.78, 5) is 0. The zero-order chi connectivity index (χ0) is 11.5. The van der Waals surface area contributed by atoms with Gasteiger partial charge in [0, 0.05) is 19.3 Å². The molecule has 0 aromatic rings. The first kappa shape index (κ1) is 14.9. The molecule has 0 aromatic carbocycles. The normalized spacial score (nSPS) is 15.2. The van der Waals surface area contributed by atoms with Gasteiger partial charge in [-0.05, 0) is 38.6 Å². The Hall–Kier alpha value is -0.0800. The van der Waals surface area contributed by atoms with E-state index >= 15 is 0 Å². The molecular weight excluding hydrogens is 186 g/mol. The van der Waals surface area contributed by atoms with Crippen molar-refractivity contribution in [1.29, 1.82) is 0 Å².